The van der Waals surface area contributed by atoms with E-state index in [1.807, 2.05) is 18.2 Å². The molecular formula is C23H31N3O5S2. The van der Waals surface area contributed by atoms with Crippen LogP contribution in [-0.2, 0) is 26.6 Å². The molecule has 2 aromatic rings. The number of hydrogen-bond donors (Lipinski definition) is 0. The molecule has 10 heteroatoms. The van der Waals surface area contributed by atoms with Crippen LogP contribution in [0.15, 0.2) is 53.4 Å². The molecule has 2 saturated heterocycles. The molecule has 2 heterocycles. The van der Waals surface area contributed by atoms with E-state index in [0.29, 0.717) is 51.4 Å². The molecule has 0 amide bonds. The smallest absolute Gasteiger partial charge is 0.246 e. The Morgan fingerprint density at radius 3 is 2.33 bits per heavy atom. The standard InChI is InChI=1S/C23H31N3O5S2/c1-2-31-22-11-10-21(26-12-6-7-17-32(26,27)28)18-23(22)33(29,30)25-15-13-24(14-16-25)19-20-8-4-3-5-9-20/h3-5,8-11,18H,2,6-7,12-17,19H2,1H3. The van der Waals surface area contributed by atoms with Gasteiger partial charge in [-0.1, -0.05) is 30.3 Å². The quantitative estimate of drug-likeness (QED) is 0.589. The normalized spacial score (nSPS) is 20.0. The molecule has 2 aliphatic rings. The van der Waals surface area contributed by atoms with Gasteiger partial charge >= 0.3 is 0 Å². The fourth-order valence-corrected chi connectivity index (χ4v) is 7.52. The van der Waals surface area contributed by atoms with Gasteiger partial charge in [0.1, 0.15) is 10.6 Å². The lowest BCUT2D eigenvalue weighted by Gasteiger charge is -2.34. The number of benzene rings is 2. The zero-order valence-corrected chi connectivity index (χ0v) is 20.5. The molecule has 0 unspecified atom stereocenters. The van der Waals surface area contributed by atoms with Gasteiger partial charge in [0.25, 0.3) is 0 Å². The van der Waals surface area contributed by atoms with Crippen LogP contribution < -0.4 is 9.04 Å². The molecule has 0 aliphatic carbocycles. The van der Waals surface area contributed by atoms with Crippen LogP contribution in [0.5, 0.6) is 5.75 Å². The van der Waals surface area contributed by atoms with Gasteiger partial charge in [0.05, 0.1) is 18.0 Å². The minimum absolute atomic E-state index is 0.0270. The molecule has 0 N–H and O–H groups in total. The van der Waals surface area contributed by atoms with Crippen molar-refractivity contribution in [3.05, 3.63) is 54.1 Å². The molecular weight excluding hydrogens is 462 g/mol. The summed E-state index contributed by atoms with van der Waals surface area (Å²) in [5.74, 6) is 0.327. The zero-order valence-electron chi connectivity index (χ0n) is 18.9. The van der Waals surface area contributed by atoms with Crippen LogP contribution in [0.25, 0.3) is 0 Å². The number of hydrogen-bond acceptors (Lipinski definition) is 6. The molecule has 0 atom stereocenters. The Bertz CT molecular complexity index is 1160. The van der Waals surface area contributed by atoms with Crippen LogP contribution in [0.3, 0.4) is 0 Å². The molecule has 33 heavy (non-hydrogen) atoms. The van der Waals surface area contributed by atoms with Crippen molar-refractivity contribution in [2.24, 2.45) is 0 Å². The Morgan fingerprint density at radius 2 is 1.67 bits per heavy atom. The van der Waals surface area contributed by atoms with Crippen LogP contribution in [0.2, 0.25) is 0 Å². The van der Waals surface area contributed by atoms with E-state index in [9.17, 15) is 16.8 Å². The van der Waals surface area contributed by atoms with Crippen LogP contribution in [0.1, 0.15) is 25.3 Å². The summed E-state index contributed by atoms with van der Waals surface area (Å²) in [5, 5.41) is 0. The predicted molar refractivity (Wildman–Crippen MR) is 128 cm³/mol. The first kappa shape index (κ1) is 24.0. The summed E-state index contributed by atoms with van der Waals surface area (Å²) >= 11 is 0. The summed E-state index contributed by atoms with van der Waals surface area (Å²) in [5.41, 5.74) is 1.57. The second-order valence-corrected chi connectivity index (χ2v) is 12.2. The van der Waals surface area contributed by atoms with Crippen LogP contribution in [0.4, 0.5) is 5.69 Å². The maximum Gasteiger partial charge on any atom is 0.246 e. The molecule has 2 aliphatic heterocycles. The van der Waals surface area contributed by atoms with Gasteiger partial charge in [0.2, 0.25) is 20.0 Å². The lowest BCUT2D eigenvalue weighted by molar-refractivity contribution is 0.181. The lowest BCUT2D eigenvalue weighted by Crippen LogP contribution is -2.48. The highest BCUT2D eigenvalue weighted by Crippen LogP contribution is 2.34. The summed E-state index contributed by atoms with van der Waals surface area (Å²) in [4.78, 5) is 2.26. The average Bonchev–Trinajstić information content (AvgIpc) is 2.80. The second kappa shape index (κ2) is 10.0. The summed E-state index contributed by atoms with van der Waals surface area (Å²) in [6.07, 6.45) is 1.37. The molecule has 0 spiro atoms. The summed E-state index contributed by atoms with van der Waals surface area (Å²) in [7, 11) is -7.30. The summed E-state index contributed by atoms with van der Waals surface area (Å²) in [6.45, 7) is 5.22. The molecule has 2 aromatic carbocycles. The van der Waals surface area contributed by atoms with Crippen LogP contribution in [0, 0.1) is 0 Å². The van der Waals surface area contributed by atoms with Gasteiger partial charge in [-0.05, 0) is 43.5 Å². The number of anilines is 1. The third-order valence-electron chi connectivity index (χ3n) is 6.06. The predicted octanol–water partition coefficient (Wildman–Crippen LogP) is 2.52. The van der Waals surface area contributed by atoms with Gasteiger partial charge in [-0.2, -0.15) is 4.31 Å². The summed E-state index contributed by atoms with van der Waals surface area (Å²) in [6, 6.07) is 14.8. The van der Waals surface area contributed by atoms with Crippen molar-refractivity contribution in [1.29, 1.82) is 0 Å². The number of piperazine rings is 1. The molecule has 2 fully saturated rings. The first-order chi connectivity index (χ1) is 15.8. The Kier molecular flexibility index (Phi) is 7.28. The van der Waals surface area contributed by atoms with Crippen molar-refractivity contribution in [3.63, 3.8) is 0 Å². The minimum Gasteiger partial charge on any atom is -0.492 e. The Morgan fingerprint density at radius 1 is 0.939 bits per heavy atom. The van der Waals surface area contributed by atoms with Crippen molar-refractivity contribution in [3.8, 4) is 5.75 Å². The number of nitrogens with zero attached hydrogens (tertiary/aromatic N) is 3. The summed E-state index contributed by atoms with van der Waals surface area (Å²) < 4.78 is 60.8. The van der Waals surface area contributed by atoms with Crippen molar-refractivity contribution >= 4 is 25.7 Å². The van der Waals surface area contributed by atoms with E-state index < -0.39 is 20.0 Å². The van der Waals surface area contributed by atoms with Crippen LogP contribution in [-0.4, -0.2) is 71.1 Å². The van der Waals surface area contributed by atoms with Gasteiger partial charge in [-0.15, -0.1) is 0 Å². The number of ether oxygens (including phenoxy) is 1. The fourth-order valence-electron chi connectivity index (χ4n) is 4.32. The Balaban J connectivity index is 1.56. The van der Waals surface area contributed by atoms with E-state index in [2.05, 4.69) is 17.0 Å². The van der Waals surface area contributed by atoms with Crippen molar-refractivity contribution in [2.45, 2.75) is 31.2 Å². The SMILES string of the molecule is CCOc1ccc(N2CCCCS2(=O)=O)cc1S(=O)(=O)N1CCN(Cc2ccccc2)CC1. The maximum atomic E-state index is 13.6. The third-order valence-corrected chi connectivity index (χ3v) is 9.85. The monoisotopic (exact) mass is 493 g/mol. The first-order valence-corrected chi connectivity index (χ1v) is 14.4. The van der Waals surface area contributed by atoms with E-state index in [0.717, 1.165) is 13.0 Å². The molecule has 0 bridgehead atoms. The molecule has 8 nitrogen and oxygen atoms in total. The highest BCUT2D eigenvalue weighted by molar-refractivity contribution is 7.92. The van der Waals surface area contributed by atoms with Crippen molar-refractivity contribution < 1.29 is 21.6 Å². The third kappa shape index (κ3) is 5.34. The van der Waals surface area contributed by atoms with Gasteiger partial charge in [-0.3, -0.25) is 9.21 Å². The second-order valence-electron chi connectivity index (χ2n) is 8.33. The number of sulfonamides is 2. The highest BCUT2D eigenvalue weighted by Gasteiger charge is 2.33. The zero-order chi connectivity index (χ0) is 23.5. The van der Waals surface area contributed by atoms with E-state index in [-0.39, 0.29) is 16.4 Å². The topological polar surface area (TPSA) is 87.2 Å². The molecule has 0 saturated carbocycles. The lowest BCUT2D eigenvalue weighted by atomic mass is 10.2. The van der Waals surface area contributed by atoms with E-state index in [1.165, 1.54) is 20.2 Å². The minimum atomic E-state index is -3.85. The van der Waals surface area contributed by atoms with Crippen molar-refractivity contribution in [1.82, 2.24) is 9.21 Å². The van der Waals surface area contributed by atoms with E-state index >= 15 is 0 Å². The van der Waals surface area contributed by atoms with Gasteiger partial charge < -0.3 is 4.74 Å². The van der Waals surface area contributed by atoms with Crippen molar-refractivity contribution in [2.75, 3.05) is 49.4 Å². The Hall–Kier alpha value is -2.14. The van der Waals surface area contributed by atoms with Gasteiger partial charge in [0.15, 0.2) is 0 Å². The van der Waals surface area contributed by atoms with Gasteiger partial charge in [-0.25, -0.2) is 16.8 Å². The maximum absolute atomic E-state index is 13.6. The molecule has 0 radical (unpaired) electrons. The fraction of sp³-hybridized carbons (Fsp3) is 0.478. The van der Waals surface area contributed by atoms with Crippen LogP contribution >= 0.6 is 0 Å². The number of rotatable bonds is 7. The molecule has 0 aromatic heterocycles. The van der Waals surface area contributed by atoms with E-state index in [1.54, 1.807) is 19.1 Å². The Labute approximate surface area is 196 Å². The van der Waals surface area contributed by atoms with E-state index in [4.69, 9.17) is 4.74 Å². The highest BCUT2D eigenvalue weighted by atomic mass is 32.2. The first-order valence-electron chi connectivity index (χ1n) is 11.3. The largest absolute Gasteiger partial charge is 0.492 e. The van der Waals surface area contributed by atoms with Gasteiger partial charge in [0, 0.05) is 39.3 Å². The molecule has 180 valence electrons. The average molecular weight is 494 g/mol. The molecule has 4 rings (SSSR count).